The van der Waals surface area contributed by atoms with Gasteiger partial charge >= 0.3 is 0 Å². The molecule has 0 spiro atoms. The summed E-state index contributed by atoms with van der Waals surface area (Å²) < 4.78 is 10.9. The summed E-state index contributed by atoms with van der Waals surface area (Å²) >= 11 is 1.23. The molecular formula is C17H17N3O3S. The number of methoxy groups -OCH3 is 1. The molecule has 6 nitrogen and oxygen atoms in total. The molecule has 24 heavy (non-hydrogen) atoms. The van der Waals surface area contributed by atoms with Crippen molar-refractivity contribution < 1.29 is 13.9 Å². The first-order valence-corrected chi connectivity index (χ1v) is 8.36. The molecular weight excluding hydrogens is 326 g/mol. The van der Waals surface area contributed by atoms with Gasteiger partial charge in [-0.2, -0.15) is 0 Å². The number of nitrogens with zero attached hydrogens (tertiary/aromatic N) is 2. The van der Waals surface area contributed by atoms with Crippen LogP contribution in [0.3, 0.4) is 0 Å². The molecule has 0 aliphatic rings. The van der Waals surface area contributed by atoms with E-state index in [0.717, 1.165) is 17.0 Å². The van der Waals surface area contributed by atoms with E-state index in [0.29, 0.717) is 22.4 Å². The summed E-state index contributed by atoms with van der Waals surface area (Å²) in [5.41, 5.74) is 3.27. The number of aromatic nitrogens is 3. The highest BCUT2D eigenvalue weighted by Crippen LogP contribution is 2.30. The number of H-pyrrole nitrogens is 1. The Morgan fingerprint density at radius 2 is 2.08 bits per heavy atom. The number of benzene rings is 1. The summed E-state index contributed by atoms with van der Waals surface area (Å²) in [7, 11) is 1.59. The number of hydrogen-bond acceptors (Lipinski definition) is 6. The third-order valence-electron chi connectivity index (χ3n) is 3.52. The topological polar surface area (TPSA) is 81.0 Å². The number of para-hydroxylation sites is 1. The molecule has 0 bridgehead atoms. The average molecular weight is 343 g/mol. The zero-order chi connectivity index (χ0) is 17.1. The van der Waals surface area contributed by atoms with Gasteiger partial charge in [-0.3, -0.25) is 4.79 Å². The molecule has 0 saturated carbocycles. The van der Waals surface area contributed by atoms with E-state index < -0.39 is 0 Å². The Bertz CT molecular complexity index is 870. The van der Waals surface area contributed by atoms with Crippen LogP contribution < -0.4 is 4.74 Å². The summed E-state index contributed by atoms with van der Waals surface area (Å²) in [6.07, 6.45) is 0. The highest BCUT2D eigenvalue weighted by atomic mass is 32.2. The van der Waals surface area contributed by atoms with Crippen molar-refractivity contribution in [2.24, 2.45) is 0 Å². The van der Waals surface area contributed by atoms with Gasteiger partial charge in [0.2, 0.25) is 0 Å². The highest BCUT2D eigenvalue weighted by molar-refractivity contribution is 7.99. The first-order chi connectivity index (χ1) is 11.6. The van der Waals surface area contributed by atoms with Crippen LogP contribution in [0.5, 0.6) is 5.75 Å². The van der Waals surface area contributed by atoms with Crippen molar-refractivity contribution in [2.75, 3.05) is 12.9 Å². The third kappa shape index (κ3) is 3.35. The van der Waals surface area contributed by atoms with Crippen LogP contribution >= 0.6 is 11.8 Å². The summed E-state index contributed by atoms with van der Waals surface area (Å²) in [5, 5.41) is 8.38. The van der Waals surface area contributed by atoms with Crippen LogP contribution in [0.15, 0.2) is 40.0 Å². The van der Waals surface area contributed by atoms with Crippen LogP contribution in [-0.2, 0) is 0 Å². The highest BCUT2D eigenvalue weighted by Gasteiger charge is 2.16. The van der Waals surface area contributed by atoms with Gasteiger partial charge in [-0.25, -0.2) is 0 Å². The summed E-state index contributed by atoms with van der Waals surface area (Å²) in [6, 6.07) is 9.26. The molecule has 3 rings (SSSR count). The lowest BCUT2D eigenvalue weighted by Crippen LogP contribution is -2.02. The Morgan fingerprint density at radius 3 is 2.79 bits per heavy atom. The first-order valence-electron chi connectivity index (χ1n) is 7.37. The molecule has 0 saturated heterocycles. The van der Waals surface area contributed by atoms with Crippen LogP contribution in [-0.4, -0.2) is 33.8 Å². The zero-order valence-electron chi connectivity index (χ0n) is 13.6. The SMILES string of the molecule is COc1ccccc1-c1nnc(SCC(=O)c2cc(C)[nH]c2C)o1. The number of nitrogens with one attached hydrogen (secondary N) is 1. The smallest absolute Gasteiger partial charge is 0.277 e. The first kappa shape index (κ1) is 16.3. The second kappa shape index (κ2) is 6.92. The molecule has 2 aromatic heterocycles. The van der Waals surface area contributed by atoms with Gasteiger partial charge in [0.25, 0.3) is 11.1 Å². The normalized spacial score (nSPS) is 10.8. The van der Waals surface area contributed by atoms with Crippen molar-refractivity contribution in [1.29, 1.82) is 0 Å². The number of thioether (sulfide) groups is 1. The quantitative estimate of drug-likeness (QED) is 0.543. The van der Waals surface area contributed by atoms with Crippen LogP contribution in [0.2, 0.25) is 0 Å². The molecule has 0 atom stereocenters. The summed E-state index contributed by atoms with van der Waals surface area (Å²) in [6.45, 7) is 3.81. The Balaban J connectivity index is 1.70. The second-order valence-corrected chi connectivity index (χ2v) is 6.20. The molecule has 124 valence electrons. The minimum absolute atomic E-state index is 0.0268. The monoisotopic (exact) mass is 343 g/mol. The van der Waals surface area contributed by atoms with E-state index in [1.807, 2.05) is 44.2 Å². The Kier molecular flexibility index (Phi) is 4.71. The fourth-order valence-corrected chi connectivity index (χ4v) is 3.06. The lowest BCUT2D eigenvalue weighted by atomic mass is 10.2. The van der Waals surface area contributed by atoms with Gasteiger partial charge in [-0.1, -0.05) is 23.9 Å². The molecule has 2 heterocycles. The maximum atomic E-state index is 12.3. The van der Waals surface area contributed by atoms with Gasteiger partial charge < -0.3 is 14.1 Å². The Morgan fingerprint density at radius 1 is 1.29 bits per heavy atom. The van der Waals surface area contributed by atoms with Crippen molar-refractivity contribution in [3.05, 3.63) is 47.3 Å². The number of rotatable bonds is 6. The largest absolute Gasteiger partial charge is 0.496 e. The number of carbonyl (C=O) groups is 1. The summed E-state index contributed by atoms with van der Waals surface area (Å²) in [5.74, 6) is 1.30. The maximum Gasteiger partial charge on any atom is 0.277 e. The number of hydrogen-bond donors (Lipinski definition) is 1. The number of carbonyl (C=O) groups excluding carboxylic acids is 1. The van der Waals surface area contributed by atoms with Gasteiger partial charge in [-0.15, -0.1) is 10.2 Å². The van der Waals surface area contributed by atoms with Crippen molar-refractivity contribution >= 4 is 17.5 Å². The standard InChI is InChI=1S/C17H17N3O3S/c1-10-8-13(11(2)18-10)14(21)9-24-17-20-19-16(23-17)12-6-4-5-7-15(12)22-3/h4-8,18H,9H2,1-3H3. The minimum atomic E-state index is 0.0268. The molecule has 3 aromatic rings. The number of Topliss-reactive ketones (excluding diaryl/α,β-unsaturated/α-hetero) is 1. The molecule has 0 unspecified atom stereocenters. The molecule has 7 heteroatoms. The van der Waals surface area contributed by atoms with Crippen LogP contribution in [0.25, 0.3) is 11.5 Å². The van der Waals surface area contributed by atoms with Crippen molar-refractivity contribution in [3.63, 3.8) is 0 Å². The van der Waals surface area contributed by atoms with Crippen molar-refractivity contribution in [2.45, 2.75) is 19.1 Å². The van der Waals surface area contributed by atoms with Gasteiger partial charge in [0.05, 0.1) is 18.4 Å². The Hall–Kier alpha value is -2.54. The van der Waals surface area contributed by atoms with E-state index in [4.69, 9.17) is 9.15 Å². The maximum absolute atomic E-state index is 12.3. The van der Waals surface area contributed by atoms with E-state index in [9.17, 15) is 4.79 Å². The van der Waals surface area contributed by atoms with Gasteiger partial charge in [0.1, 0.15) is 5.75 Å². The van der Waals surface area contributed by atoms with Crippen molar-refractivity contribution in [3.8, 4) is 17.2 Å². The molecule has 1 N–H and O–H groups in total. The van der Waals surface area contributed by atoms with E-state index in [2.05, 4.69) is 15.2 Å². The molecule has 0 radical (unpaired) electrons. The Labute approximate surface area is 143 Å². The predicted molar refractivity (Wildman–Crippen MR) is 91.6 cm³/mol. The average Bonchev–Trinajstić information content (AvgIpc) is 3.18. The van der Waals surface area contributed by atoms with E-state index in [1.165, 1.54) is 11.8 Å². The van der Waals surface area contributed by atoms with E-state index in [-0.39, 0.29) is 11.5 Å². The van der Waals surface area contributed by atoms with Gasteiger partial charge in [0, 0.05) is 17.0 Å². The zero-order valence-corrected chi connectivity index (χ0v) is 14.4. The van der Waals surface area contributed by atoms with Crippen LogP contribution in [0.4, 0.5) is 0 Å². The van der Waals surface area contributed by atoms with E-state index >= 15 is 0 Å². The number of aryl methyl sites for hydroxylation is 2. The van der Waals surface area contributed by atoms with E-state index in [1.54, 1.807) is 7.11 Å². The van der Waals surface area contributed by atoms with Crippen molar-refractivity contribution in [1.82, 2.24) is 15.2 Å². The minimum Gasteiger partial charge on any atom is -0.496 e. The molecule has 1 aromatic carbocycles. The number of ketones is 1. The molecule has 0 aliphatic carbocycles. The van der Waals surface area contributed by atoms with Crippen LogP contribution in [0.1, 0.15) is 21.7 Å². The number of ether oxygens (including phenoxy) is 1. The predicted octanol–water partition coefficient (Wildman–Crippen LogP) is 3.67. The number of aromatic amines is 1. The second-order valence-electron chi connectivity index (χ2n) is 5.28. The van der Waals surface area contributed by atoms with Crippen LogP contribution in [0, 0.1) is 13.8 Å². The lowest BCUT2D eigenvalue weighted by Gasteiger charge is -2.03. The van der Waals surface area contributed by atoms with Gasteiger partial charge in [-0.05, 0) is 32.0 Å². The van der Waals surface area contributed by atoms with Gasteiger partial charge in [0.15, 0.2) is 5.78 Å². The molecule has 0 fully saturated rings. The molecule has 0 amide bonds. The third-order valence-corrected chi connectivity index (χ3v) is 4.34. The fraction of sp³-hybridized carbons (Fsp3) is 0.235. The lowest BCUT2D eigenvalue weighted by molar-refractivity contribution is 0.102. The molecule has 0 aliphatic heterocycles. The fourth-order valence-electron chi connectivity index (χ4n) is 2.42. The summed E-state index contributed by atoms with van der Waals surface area (Å²) in [4.78, 5) is 15.4.